The van der Waals surface area contributed by atoms with Crippen LogP contribution in [0.15, 0.2) is 373 Å². The van der Waals surface area contributed by atoms with Gasteiger partial charge in [-0.15, -0.1) is 0 Å². The number of rotatable bonds is 11. The highest BCUT2D eigenvalue weighted by atomic mass is 16.3. The molecule has 2 atom stereocenters. The summed E-state index contributed by atoms with van der Waals surface area (Å²) >= 11 is 0. The van der Waals surface area contributed by atoms with Crippen molar-refractivity contribution in [2.45, 2.75) is 10.8 Å². The molecule has 0 amide bonds. The van der Waals surface area contributed by atoms with E-state index in [1.807, 2.05) is 0 Å². The minimum absolute atomic E-state index is 0.814. The normalized spacial score (nSPS) is 15.2. The minimum Gasteiger partial charge on any atom is -0.454 e. The highest BCUT2D eigenvalue weighted by Gasteiger charge is 2.65. The Morgan fingerprint density at radius 3 is 0.929 bits per heavy atom. The van der Waals surface area contributed by atoms with Gasteiger partial charge in [0.1, 0.15) is 11.2 Å². The zero-order chi connectivity index (χ0) is 64.5. The van der Waals surface area contributed by atoms with Crippen molar-refractivity contribution in [3.63, 3.8) is 0 Å². The van der Waals surface area contributed by atoms with Crippen LogP contribution >= 0.6 is 0 Å². The van der Waals surface area contributed by atoms with E-state index in [0.29, 0.717) is 0 Å². The van der Waals surface area contributed by atoms with Crippen molar-refractivity contribution in [1.29, 1.82) is 0 Å². The Balaban J connectivity index is 0.976. The maximum absolute atomic E-state index is 7.20. The van der Waals surface area contributed by atoms with E-state index < -0.39 is 10.8 Å². The molecule has 2 heterocycles. The maximum atomic E-state index is 7.20. The smallest absolute Gasteiger partial charge is 0.159 e. The predicted octanol–water partition coefficient (Wildman–Crippen LogP) is 25.4. The molecule has 2 aromatic heterocycles. The van der Waals surface area contributed by atoms with Crippen molar-refractivity contribution in [2.24, 2.45) is 0 Å². The van der Waals surface area contributed by atoms with E-state index in [0.717, 1.165) is 122 Å². The molecule has 4 heteroatoms. The number of fused-ring (bicyclic) bond motifs is 16. The molecule has 20 rings (SSSR count). The summed E-state index contributed by atoms with van der Waals surface area (Å²) in [5, 5.41) is 8.79. The molecule has 2 aliphatic carbocycles. The van der Waals surface area contributed by atoms with E-state index in [4.69, 9.17) is 8.83 Å². The van der Waals surface area contributed by atoms with Gasteiger partial charge in [0.15, 0.2) is 11.2 Å². The lowest BCUT2D eigenvalue weighted by Crippen LogP contribution is -2.50. The first-order valence-corrected chi connectivity index (χ1v) is 33.8. The molecular formula is C94H60N2O2. The maximum Gasteiger partial charge on any atom is 0.159 e. The standard InChI is InChI=1S/C94H60N2O2/c1-5-31-61(32-6-1)65-39-19-25-53-81(65)95(83-55-29-49-73-69-43-21-27-57-87(69)97-91(73)83)85-59-79-89(71-45-15-13-41-67(71)85)75-47-17-23-51-77(75)93(79,63-35-9-3-10-36-63)94(64-37-11-4-12-38-64)78-52-24-18-48-76(78)90-72-46-16-14-42-68(72)86(60-80(90)94)96(82-54-26-20-40-66(82)62-33-7-2-8-34-62)84-56-30-50-74-70-44-22-28-58-88(70)98-92(74)84/h1-60H. The van der Waals surface area contributed by atoms with Crippen LogP contribution in [0.2, 0.25) is 0 Å². The van der Waals surface area contributed by atoms with Crippen LogP contribution in [0, 0.1) is 0 Å². The van der Waals surface area contributed by atoms with Gasteiger partial charge >= 0.3 is 0 Å². The fraction of sp³-hybridized carbons (Fsp3) is 0.0213. The van der Waals surface area contributed by atoms with Crippen molar-refractivity contribution < 1.29 is 8.83 Å². The molecule has 4 nitrogen and oxygen atoms in total. The van der Waals surface area contributed by atoms with Gasteiger partial charge in [0.05, 0.1) is 45.0 Å². The van der Waals surface area contributed by atoms with Gasteiger partial charge in [-0.1, -0.05) is 315 Å². The third-order valence-electron chi connectivity index (χ3n) is 21.2. The summed E-state index contributed by atoms with van der Waals surface area (Å²) in [6, 6.07) is 135. The van der Waals surface area contributed by atoms with Crippen molar-refractivity contribution in [1.82, 2.24) is 0 Å². The number of para-hydroxylation sites is 6. The van der Waals surface area contributed by atoms with E-state index in [1.54, 1.807) is 0 Å². The quantitative estimate of drug-likeness (QED) is 0.129. The molecule has 0 saturated heterocycles. The number of nitrogens with zero attached hydrogens (tertiary/aromatic N) is 2. The monoisotopic (exact) mass is 1250 g/mol. The highest BCUT2D eigenvalue weighted by Crippen LogP contribution is 2.72. The van der Waals surface area contributed by atoms with Gasteiger partial charge < -0.3 is 18.6 Å². The van der Waals surface area contributed by atoms with Gasteiger partial charge in [0.25, 0.3) is 0 Å². The Labute approximate surface area is 567 Å². The highest BCUT2D eigenvalue weighted by molar-refractivity contribution is 6.18. The zero-order valence-corrected chi connectivity index (χ0v) is 53.4. The molecule has 0 bridgehead atoms. The fourth-order valence-electron chi connectivity index (χ4n) is 17.5. The second-order valence-corrected chi connectivity index (χ2v) is 26.0. The van der Waals surface area contributed by atoms with Gasteiger partial charge in [-0.2, -0.15) is 0 Å². The molecule has 0 radical (unpaired) electrons. The second kappa shape index (κ2) is 21.9. The predicted molar refractivity (Wildman–Crippen MR) is 406 cm³/mol. The van der Waals surface area contributed by atoms with Gasteiger partial charge in [-0.25, -0.2) is 0 Å². The van der Waals surface area contributed by atoms with Crippen molar-refractivity contribution in [3.05, 3.63) is 397 Å². The van der Waals surface area contributed by atoms with Gasteiger partial charge in [-0.05, 0) is 126 Å². The average molecular weight is 1250 g/mol. The van der Waals surface area contributed by atoms with Crippen LogP contribution in [0.1, 0.15) is 33.4 Å². The summed E-state index contributed by atoms with van der Waals surface area (Å²) in [6.07, 6.45) is 0. The summed E-state index contributed by atoms with van der Waals surface area (Å²) < 4.78 is 14.4. The van der Waals surface area contributed by atoms with Crippen LogP contribution < -0.4 is 9.80 Å². The first-order chi connectivity index (χ1) is 48.7. The summed E-state index contributed by atoms with van der Waals surface area (Å²) in [5.41, 5.74) is 23.6. The van der Waals surface area contributed by atoms with Crippen molar-refractivity contribution >= 4 is 99.5 Å². The number of hydrogen-bond donors (Lipinski definition) is 0. The Bertz CT molecular complexity index is 5830. The Kier molecular flexibility index (Phi) is 12.4. The van der Waals surface area contributed by atoms with Crippen LogP contribution in [-0.2, 0) is 10.8 Å². The number of hydrogen-bond acceptors (Lipinski definition) is 4. The van der Waals surface area contributed by atoms with E-state index in [-0.39, 0.29) is 0 Å². The molecule has 0 N–H and O–H groups in total. The lowest BCUT2D eigenvalue weighted by Gasteiger charge is -2.51. The Morgan fingerprint density at radius 1 is 0.204 bits per heavy atom. The minimum atomic E-state index is -1.04. The van der Waals surface area contributed by atoms with E-state index in [2.05, 4.69) is 374 Å². The number of anilines is 6. The van der Waals surface area contributed by atoms with Crippen molar-refractivity contribution in [3.8, 4) is 44.5 Å². The van der Waals surface area contributed by atoms with Crippen LogP contribution in [-0.4, -0.2) is 0 Å². The molecule has 98 heavy (non-hydrogen) atoms. The zero-order valence-electron chi connectivity index (χ0n) is 53.4. The summed E-state index contributed by atoms with van der Waals surface area (Å²) in [5.74, 6) is 0. The van der Waals surface area contributed by atoms with E-state index >= 15 is 0 Å². The third-order valence-corrected chi connectivity index (χ3v) is 21.2. The van der Waals surface area contributed by atoms with Gasteiger partial charge in [0, 0.05) is 43.4 Å². The Morgan fingerprint density at radius 2 is 0.510 bits per heavy atom. The number of furan rings is 2. The molecule has 0 fully saturated rings. The molecule has 0 spiro atoms. The SMILES string of the molecule is c1ccc(-c2ccccc2N(c2cc3c(c4ccccc24)-c2ccccc2C3(c2ccccc2)C2(c3ccccc3)c3ccccc3-c3c2cc(N(c2ccccc2-c2ccccc2)c2cccc4c2oc2ccccc24)c2ccccc32)c2cccc3c2oc2ccccc23)cc1. The molecule has 2 unspecified atom stereocenters. The molecular weight excluding hydrogens is 1190 g/mol. The van der Waals surface area contributed by atoms with Crippen LogP contribution in [0.4, 0.5) is 34.1 Å². The first-order valence-electron chi connectivity index (χ1n) is 33.8. The lowest BCUT2D eigenvalue weighted by atomic mass is 9.49. The Hall–Kier alpha value is -12.8. The lowest BCUT2D eigenvalue weighted by molar-refractivity contribution is 0.438. The molecule has 2 aliphatic rings. The molecule has 18 aromatic rings. The third kappa shape index (κ3) is 7.82. The van der Waals surface area contributed by atoms with Gasteiger partial charge in [0.2, 0.25) is 0 Å². The second-order valence-electron chi connectivity index (χ2n) is 26.0. The van der Waals surface area contributed by atoms with E-state index in [9.17, 15) is 0 Å². The largest absolute Gasteiger partial charge is 0.454 e. The molecule has 16 aromatic carbocycles. The van der Waals surface area contributed by atoms with Crippen LogP contribution in [0.3, 0.4) is 0 Å². The summed E-state index contributed by atoms with van der Waals surface area (Å²) in [6.45, 7) is 0. The van der Waals surface area contributed by atoms with Crippen molar-refractivity contribution in [2.75, 3.05) is 9.80 Å². The fourth-order valence-corrected chi connectivity index (χ4v) is 17.5. The first kappa shape index (κ1) is 55.7. The summed E-state index contributed by atoms with van der Waals surface area (Å²) in [4.78, 5) is 5.04. The van der Waals surface area contributed by atoms with E-state index in [1.165, 1.54) is 55.6 Å². The topological polar surface area (TPSA) is 32.8 Å². The number of benzene rings is 16. The van der Waals surface area contributed by atoms with Gasteiger partial charge in [-0.3, -0.25) is 0 Å². The summed E-state index contributed by atoms with van der Waals surface area (Å²) in [7, 11) is 0. The van der Waals surface area contributed by atoms with Crippen LogP contribution in [0.5, 0.6) is 0 Å². The average Bonchev–Trinajstić information content (AvgIpc) is 1.46. The molecule has 0 saturated carbocycles. The molecule has 458 valence electrons. The van der Waals surface area contributed by atoms with Crippen LogP contribution in [0.25, 0.3) is 110 Å². The molecule has 0 aliphatic heterocycles.